The molecule has 1 amide bonds. The topological polar surface area (TPSA) is 54.0 Å². The summed E-state index contributed by atoms with van der Waals surface area (Å²) in [5.74, 6) is -2.28. The van der Waals surface area contributed by atoms with Crippen LogP contribution in [0.2, 0.25) is 0 Å². The zero-order valence-corrected chi connectivity index (χ0v) is 11.0. The number of amides is 1. The Morgan fingerprint density at radius 3 is 2.55 bits per heavy atom. The predicted molar refractivity (Wildman–Crippen MR) is 72.8 cm³/mol. The standard InChI is InChI=1S/C14H13F2N3O/c1-8-3-5-10(15)13(12(8)16)19-14(20)11-6-4-9(17-2)7-18-11/h3-7,17H,1-2H3,(H,19,20). The van der Waals surface area contributed by atoms with Crippen LogP contribution in [0, 0.1) is 18.6 Å². The molecule has 1 aromatic heterocycles. The summed E-state index contributed by atoms with van der Waals surface area (Å²) < 4.78 is 27.3. The number of rotatable bonds is 3. The highest BCUT2D eigenvalue weighted by Crippen LogP contribution is 2.22. The number of benzene rings is 1. The highest BCUT2D eigenvalue weighted by atomic mass is 19.1. The second-order valence-corrected chi connectivity index (χ2v) is 4.19. The van der Waals surface area contributed by atoms with E-state index in [0.29, 0.717) is 0 Å². The molecule has 2 rings (SSSR count). The summed E-state index contributed by atoms with van der Waals surface area (Å²) in [6.07, 6.45) is 1.46. The number of carbonyl (C=O) groups excluding carboxylic acids is 1. The maximum atomic E-state index is 13.8. The number of hydrogen-bond acceptors (Lipinski definition) is 3. The van der Waals surface area contributed by atoms with Crippen LogP contribution in [-0.2, 0) is 0 Å². The van der Waals surface area contributed by atoms with Gasteiger partial charge in [0, 0.05) is 7.05 Å². The van der Waals surface area contributed by atoms with E-state index < -0.39 is 23.2 Å². The summed E-state index contributed by atoms with van der Waals surface area (Å²) >= 11 is 0. The molecule has 0 atom stereocenters. The Labute approximate surface area is 114 Å². The lowest BCUT2D eigenvalue weighted by Gasteiger charge is -2.09. The van der Waals surface area contributed by atoms with Gasteiger partial charge < -0.3 is 10.6 Å². The molecule has 0 radical (unpaired) electrons. The Morgan fingerprint density at radius 1 is 1.20 bits per heavy atom. The van der Waals surface area contributed by atoms with Gasteiger partial charge >= 0.3 is 0 Å². The van der Waals surface area contributed by atoms with Crippen LogP contribution < -0.4 is 10.6 Å². The molecule has 0 aliphatic heterocycles. The first-order valence-electron chi connectivity index (χ1n) is 5.92. The molecule has 20 heavy (non-hydrogen) atoms. The van der Waals surface area contributed by atoms with Crippen molar-refractivity contribution in [3.05, 3.63) is 53.4 Å². The van der Waals surface area contributed by atoms with Crippen LogP contribution in [0.5, 0.6) is 0 Å². The summed E-state index contributed by atoms with van der Waals surface area (Å²) in [4.78, 5) is 15.8. The maximum absolute atomic E-state index is 13.8. The van der Waals surface area contributed by atoms with Gasteiger partial charge in [-0.05, 0) is 30.7 Å². The predicted octanol–water partition coefficient (Wildman–Crippen LogP) is 2.96. The fourth-order valence-electron chi connectivity index (χ4n) is 1.62. The summed E-state index contributed by atoms with van der Waals surface area (Å²) in [7, 11) is 1.72. The number of halogens is 2. The Balaban J connectivity index is 2.25. The molecule has 0 bridgehead atoms. The van der Waals surface area contributed by atoms with Gasteiger partial charge in [0.1, 0.15) is 17.2 Å². The van der Waals surface area contributed by atoms with Gasteiger partial charge in [-0.15, -0.1) is 0 Å². The Kier molecular flexibility index (Phi) is 3.93. The first-order valence-corrected chi connectivity index (χ1v) is 5.92. The zero-order valence-electron chi connectivity index (χ0n) is 11.0. The molecule has 1 heterocycles. The number of aromatic nitrogens is 1. The third kappa shape index (κ3) is 2.74. The van der Waals surface area contributed by atoms with E-state index in [1.165, 1.54) is 25.3 Å². The Morgan fingerprint density at radius 2 is 1.95 bits per heavy atom. The van der Waals surface area contributed by atoms with Crippen molar-refractivity contribution < 1.29 is 13.6 Å². The number of nitrogens with zero attached hydrogens (tertiary/aromatic N) is 1. The van der Waals surface area contributed by atoms with E-state index in [1.807, 2.05) is 0 Å². The third-order valence-electron chi connectivity index (χ3n) is 2.81. The SMILES string of the molecule is CNc1ccc(C(=O)Nc2c(F)ccc(C)c2F)nc1. The largest absolute Gasteiger partial charge is 0.387 e. The molecule has 1 aromatic carbocycles. The second kappa shape index (κ2) is 5.64. The Hall–Kier alpha value is -2.50. The normalized spacial score (nSPS) is 10.2. The highest BCUT2D eigenvalue weighted by Gasteiger charge is 2.16. The third-order valence-corrected chi connectivity index (χ3v) is 2.81. The summed E-state index contributed by atoms with van der Waals surface area (Å²) in [6.45, 7) is 1.49. The van der Waals surface area contributed by atoms with E-state index in [-0.39, 0.29) is 11.3 Å². The van der Waals surface area contributed by atoms with E-state index >= 15 is 0 Å². The smallest absolute Gasteiger partial charge is 0.274 e. The molecular formula is C14H13F2N3O. The molecular weight excluding hydrogens is 264 g/mol. The van der Waals surface area contributed by atoms with E-state index in [4.69, 9.17) is 0 Å². The van der Waals surface area contributed by atoms with Gasteiger partial charge in [-0.25, -0.2) is 13.8 Å². The quantitative estimate of drug-likeness (QED) is 0.907. The van der Waals surface area contributed by atoms with Gasteiger partial charge in [0.15, 0.2) is 5.82 Å². The number of nitrogens with one attached hydrogen (secondary N) is 2. The van der Waals surface area contributed by atoms with Crippen molar-refractivity contribution in [3.8, 4) is 0 Å². The molecule has 0 saturated carbocycles. The summed E-state index contributed by atoms with van der Waals surface area (Å²) in [6, 6.07) is 5.52. The lowest BCUT2D eigenvalue weighted by molar-refractivity contribution is 0.102. The minimum absolute atomic E-state index is 0.0734. The first-order chi connectivity index (χ1) is 9.52. The van der Waals surface area contributed by atoms with Crippen LogP contribution in [-0.4, -0.2) is 17.9 Å². The van der Waals surface area contributed by atoms with Crippen LogP contribution in [0.15, 0.2) is 30.5 Å². The van der Waals surface area contributed by atoms with Crippen LogP contribution in [0.4, 0.5) is 20.2 Å². The van der Waals surface area contributed by atoms with Crippen molar-refractivity contribution in [1.29, 1.82) is 0 Å². The first kappa shape index (κ1) is 13.9. The molecule has 0 aliphatic carbocycles. The minimum atomic E-state index is -0.826. The minimum Gasteiger partial charge on any atom is -0.387 e. The number of carbonyl (C=O) groups is 1. The van der Waals surface area contributed by atoms with Crippen LogP contribution in [0.25, 0.3) is 0 Å². The molecule has 0 aliphatic rings. The molecule has 0 spiro atoms. The van der Waals surface area contributed by atoms with Crippen molar-refractivity contribution >= 4 is 17.3 Å². The van der Waals surface area contributed by atoms with Gasteiger partial charge in [-0.1, -0.05) is 6.07 Å². The molecule has 4 nitrogen and oxygen atoms in total. The zero-order chi connectivity index (χ0) is 14.7. The summed E-state index contributed by atoms with van der Waals surface area (Å²) in [5, 5.41) is 5.06. The van der Waals surface area contributed by atoms with Gasteiger partial charge in [0.05, 0.1) is 11.9 Å². The van der Waals surface area contributed by atoms with Gasteiger partial charge in [-0.2, -0.15) is 0 Å². The highest BCUT2D eigenvalue weighted by molar-refractivity contribution is 6.03. The van der Waals surface area contributed by atoms with E-state index in [9.17, 15) is 13.6 Å². The van der Waals surface area contributed by atoms with Gasteiger partial charge in [0.25, 0.3) is 5.91 Å². The van der Waals surface area contributed by atoms with Crippen molar-refractivity contribution in [2.24, 2.45) is 0 Å². The van der Waals surface area contributed by atoms with Crippen molar-refractivity contribution in [1.82, 2.24) is 4.98 Å². The van der Waals surface area contributed by atoms with Crippen molar-refractivity contribution in [3.63, 3.8) is 0 Å². The lowest BCUT2D eigenvalue weighted by atomic mass is 10.2. The van der Waals surface area contributed by atoms with Gasteiger partial charge in [-0.3, -0.25) is 4.79 Å². The monoisotopic (exact) mass is 277 g/mol. The van der Waals surface area contributed by atoms with Crippen LogP contribution in [0.1, 0.15) is 16.1 Å². The van der Waals surface area contributed by atoms with Gasteiger partial charge in [0.2, 0.25) is 0 Å². The molecule has 2 aromatic rings. The second-order valence-electron chi connectivity index (χ2n) is 4.19. The molecule has 0 saturated heterocycles. The number of hydrogen-bond donors (Lipinski definition) is 2. The fourth-order valence-corrected chi connectivity index (χ4v) is 1.62. The molecule has 2 N–H and O–H groups in total. The maximum Gasteiger partial charge on any atom is 0.274 e. The molecule has 6 heteroatoms. The lowest BCUT2D eigenvalue weighted by Crippen LogP contribution is -2.16. The summed E-state index contributed by atoms with van der Waals surface area (Å²) in [5.41, 5.74) is 0.591. The fraction of sp³-hybridized carbons (Fsp3) is 0.143. The average Bonchev–Trinajstić information content (AvgIpc) is 2.47. The number of pyridine rings is 1. The Bertz CT molecular complexity index is 642. The van der Waals surface area contributed by atoms with Crippen LogP contribution in [0.3, 0.4) is 0 Å². The van der Waals surface area contributed by atoms with Crippen LogP contribution >= 0.6 is 0 Å². The van der Waals surface area contributed by atoms with E-state index in [2.05, 4.69) is 15.6 Å². The number of anilines is 2. The van der Waals surface area contributed by atoms with E-state index in [0.717, 1.165) is 11.8 Å². The molecule has 0 fully saturated rings. The van der Waals surface area contributed by atoms with E-state index in [1.54, 1.807) is 13.1 Å². The van der Waals surface area contributed by atoms with Crippen molar-refractivity contribution in [2.45, 2.75) is 6.92 Å². The van der Waals surface area contributed by atoms with Crippen molar-refractivity contribution in [2.75, 3.05) is 17.7 Å². The molecule has 104 valence electrons. The molecule has 0 unspecified atom stereocenters. The average molecular weight is 277 g/mol. The number of aryl methyl sites for hydroxylation is 1.